The Bertz CT molecular complexity index is 1000. The molecule has 1 aliphatic rings. The normalized spacial score (nSPS) is 21.5. The zero-order valence-corrected chi connectivity index (χ0v) is 22.0. The average Bonchev–Trinajstić information content (AvgIpc) is 2.88. The number of anilines is 1. The van der Waals surface area contributed by atoms with Crippen LogP contribution < -0.4 is 15.4 Å². The number of methoxy groups -OCH3 is 1. The SMILES string of the molecule is CCCNC(=O)Nc1ccc2c(c1)OC[C@H](C)N(Cc1ccncc1)C[C@H](C)[C@@H](OC)CN(C)C2=O. The molecular formula is C27H39N5O4. The largest absolute Gasteiger partial charge is 0.491 e. The number of urea groups is 1. The zero-order chi connectivity index (χ0) is 26.1. The number of pyridine rings is 1. The van der Waals surface area contributed by atoms with Crippen molar-refractivity contribution in [1.82, 2.24) is 20.1 Å². The van der Waals surface area contributed by atoms with Crippen molar-refractivity contribution in [2.24, 2.45) is 5.92 Å². The molecule has 0 aliphatic carbocycles. The first-order chi connectivity index (χ1) is 17.3. The molecular weight excluding hydrogens is 458 g/mol. The lowest BCUT2D eigenvalue weighted by atomic mass is 10.0. The Morgan fingerprint density at radius 1 is 1.19 bits per heavy atom. The highest BCUT2D eigenvalue weighted by molar-refractivity contribution is 5.98. The smallest absolute Gasteiger partial charge is 0.319 e. The van der Waals surface area contributed by atoms with E-state index in [2.05, 4.69) is 34.4 Å². The minimum atomic E-state index is -0.290. The van der Waals surface area contributed by atoms with E-state index in [-0.39, 0.29) is 30.0 Å². The zero-order valence-electron chi connectivity index (χ0n) is 22.0. The molecule has 3 amide bonds. The second-order valence-corrected chi connectivity index (χ2v) is 9.47. The number of nitrogens with one attached hydrogen (secondary N) is 2. The van der Waals surface area contributed by atoms with Crippen molar-refractivity contribution in [3.63, 3.8) is 0 Å². The highest BCUT2D eigenvalue weighted by Crippen LogP contribution is 2.27. The molecule has 0 saturated carbocycles. The van der Waals surface area contributed by atoms with Crippen LogP contribution in [0.1, 0.15) is 43.1 Å². The van der Waals surface area contributed by atoms with Gasteiger partial charge in [-0.3, -0.25) is 14.7 Å². The molecule has 1 aliphatic heterocycles. The first kappa shape index (κ1) is 27.4. The third kappa shape index (κ3) is 7.41. The van der Waals surface area contributed by atoms with Crippen LogP contribution in [0.15, 0.2) is 42.7 Å². The summed E-state index contributed by atoms with van der Waals surface area (Å²) < 4.78 is 12.1. The van der Waals surface area contributed by atoms with E-state index < -0.39 is 0 Å². The molecule has 0 spiro atoms. The van der Waals surface area contributed by atoms with E-state index in [9.17, 15) is 9.59 Å². The number of amides is 3. The van der Waals surface area contributed by atoms with Crippen molar-refractivity contribution in [2.45, 2.75) is 45.9 Å². The quantitative estimate of drug-likeness (QED) is 0.633. The van der Waals surface area contributed by atoms with Crippen molar-refractivity contribution in [1.29, 1.82) is 0 Å². The number of hydrogen-bond donors (Lipinski definition) is 2. The number of hydrogen-bond acceptors (Lipinski definition) is 6. The van der Waals surface area contributed by atoms with Gasteiger partial charge in [-0.25, -0.2) is 4.79 Å². The van der Waals surface area contributed by atoms with Gasteiger partial charge in [0.15, 0.2) is 0 Å². The molecule has 0 radical (unpaired) electrons. The van der Waals surface area contributed by atoms with Gasteiger partial charge in [0, 0.05) is 70.5 Å². The maximum Gasteiger partial charge on any atom is 0.319 e. The molecule has 0 fully saturated rings. The Labute approximate surface area is 214 Å². The Morgan fingerprint density at radius 2 is 1.94 bits per heavy atom. The van der Waals surface area contributed by atoms with Gasteiger partial charge in [-0.05, 0) is 49.1 Å². The Kier molecular flexibility index (Phi) is 10.1. The molecule has 3 rings (SSSR count). The van der Waals surface area contributed by atoms with E-state index in [0.29, 0.717) is 36.7 Å². The molecule has 3 atom stereocenters. The van der Waals surface area contributed by atoms with Gasteiger partial charge in [-0.15, -0.1) is 0 Å². The summed E-state index contributed by atoms with van der Waals surface area (Å²) in [5.74, 6) is 0.475. The standard InChI is InChI=1S/C27H39N5O4/c1-6-11-29-27(34)30-22-7-8-23-24(14-22)36-18-20(3)32(16-21-9-12-28-13-10-21)15-19(2)25(35-5)17-31(4)26(23)33/h7-10,12-14,19-20,25H,6,11,15-18H2,1-5H3,(H2,29,30,34)/t19-,20-,25-/m0/s1. The van der Waals surface area contributed by atoms with Gasteiger partial charge in [0.05, 0.1) is 11.7 Å². The number of ether oxygens (including phenoxy) is 2. The van der Waals surface area contributed by atoms with Crippen LogP contribution in [0.3, 0.4) is 0 Å². The summed E-state index contributed by atoms with van der Waals surface area (Å²) in [5, 5.41) is 5.62. The summed E-state index contributed by atoms with van der Waals surface area (Å²) in [6.45, 7) is 9.20. The van der Waals surface area contributed by atoms with Gasteiger partial charge >= 0.3 is 6.03 Å². The van der Waals surface area contributed by atoms with Crippen molar-refractivity contribution in [3.8, 4) is 5.75 Å². The van der Waals surface area contributed by atoms with Crippen LogP contribution in [0.25, 0.3) is 0 Å². The molecule has 2 aromatic rings. The predicted octanol–water partition coefficient (Wildman–Crippen LogP) is 3.62. The van der Waals surface area contributed by atoms with Crippen molar-refractivity contribution < 1.29 is 19.1 Å². The lowest BCUT2D eigenvalue weighted by molar-refractivity contribution is 0.00921. The number of benzene rings is 1. The molecule has 9 nitrogen and oxygen atoms in total. The monoisotopic (exact) mass is 497 g/mol. The van der Waals surface area contributed by atoms with Crippen molar-refractivity contribution in [3.05, 3.63) is 53.9 Å². The minimum Gasteiger partial charge on any atom is -0.491 e. The Morgan fingerprint density at radius 3 is 2.64 bits per heavy atom. The summed E-state index contributed by atoms with van der Waals surface area (Å²) in [7, 11) is 3.47. The summed E-state index contributed by atoms with van der Waals surface area (Å²) in [6.07, 6.45) is 4.32. The fraction of sp³-hybridized carbons (Fsp3) is 0.519. The first-order valence-electron chi connectivity index (χ1n) is 12.5. The Balaban J connectivity index is 1.90. The van der Waals surface area contributed by atoms with E-state index in [1.165, 1.54) is 5.56 Å². The number of likely N-dealkylation sites (N-methyl/N-ethyl adjacent to an activating group) is 1. The van der Waals surface area contributed by atoms with Crippen LogP contribution in [0, 0.1) is 5.92 Å². The van der Waals surface area contributed by atoms with E-state index in [1.54, 1.807) is 49.7 Å². The number of carbonyl (C=O) groups is 2. The molecule has 2 heterocycles. The summed E-state index contributed by atoms with van der Waals surface area (Å²) in [5.41, 5.74) is 2.19. The molecule has 1 aromatic heterocycles. The van der Waals surface area contributed by atoms with Gasteiger partial charge < -0.3 is 25.0 Å². The highest BCUT2D eigenvalue weighted by atomic mass is 16.5. The van der Waals surface area contributed by atoms with Gasteiger partial charge in [-0.1, -0.05) is 13.8 Å². The molecule has 2 N–H and O–H groups in total. The van der Waals surface area contributed by atoms with Gasteiger partial charge in [0.25, 0.3) is 5.91 Å². The third-order valence-electron chi connectivity index (χ3n) is 6.50. The van der Waals surface area contributed by atoms with Crippen LogP contribution in [-0.4, -0.2) is 79.3 Å². The molecule has 0 unspecified atom stereocenters. The second-order valence-electron chi connectivity index (χ2n) is 9.47. The number of aromatic nitrogens is 1. The molecule has 36 heavy (non-hydrogen) atoms. The fourth-order valence-electron chi connectivity index (χ4n) is 4.28. The maximum atomic E-state index is 13.4. The van der Waals surface area contributed by atoms with Crippen LogP contribution in [-0.2, 0) is 11.3 Å². The van der Waals surface area contributed by atoms with E-state index >= 15 is 0 Å². The maximum absolute atomic E-state index is 13.4. The topological polar surface area (TPSA) is 96.0 Å². The second kappa shape index (κ2) is 13.2. The molecule has 0 saturated heterocycles. The van der Waals surface area contributed by atoms with Gasteiger partial charge in [0.1, 0.15) is 12.4 Å². The number of nitrogens with zero attached hydrogens (tertiary/aromatic N) is 3. The molecule has 1 aromatic carbocycles. The van der Waals surface area contributed by atoms with Crippen molar-refractivity contribution in [2.75, 3.05) is 45.7 Å². The Hall–Kier alpha value is -3.17. The lowest BCUT2D eigenvalue weighted by Gasteiger charge is -2.36. The molecule has 196 valence electrons. The predicted molar refractivity (Wildman–Crippen MR) is 140 cm³/mol. The minimum absolute atomic E-state index is 0.0581. The summed E-state index contributed by atoms with van der Waals surface area (Å²) in [4.78, 5) is 33.7. The fourth-order valence-corrected chi connectivity index (χ4v) is 4.28. The summed E-state index contributed by atoms with van der Waals surface area (Å²) in [6, 6.07) is 8.96. The molecule has 0 bridgehead atoms. The summed E-state index contributed by atoms with van der Waals surface area (Å²) >= 11 is 0. The third-order valence-corrected chi connectivity index (χ3v) is 6.50. The van der Waals surface area contributed by atoms with E-state index in [1.807, 2.05) is 19.1 Å². The van der Waals surface area contributed by atoms with Crippen LogP contribution >= 0.6 is 0 Å². The van der Waals surface area contributed by atoms with Crippen LogP contribution in [0.2, 0.25) is 0 Å². The first-order valence-corrected chi connectivity index (χ1v) is 12.5. The lowest BCUT2D eigenvalue weighted by Crippen LogP contribution is -2.46. The van der Waals surface area contributed by atoms with Crippen LogP contribution in [0.4, 0.5) is 10.5 Å². The van der Waals surface area contributed by atoms with Gasteiger partial charge in [0.2, 0.25) is 0 Å². The highest BCUT2D eigenvalue weighted by Gasteiger charge is 2.28. The number of rotatable bonds is 6. The van der Waals surface area contributed by atoms with Crippen molar-refractivity contribution >= 4 is 17.6 Å². The number of fused-ring (bicyclic) bond motifs is 1. The number of carbonyl (C=O) groups excluding carboxylic acids is 2. The molecule has 9 heteroatoms. The van der Waals surface area contributed by atoms with Gasteiger partial charge in [-0.2, -0.15) is 0 Å². The average molecular weight is 498 g/mol. The van der Waals surface area contributed by atoms with Crippen LogP contribution in [0.5, 0.6) is 5.75 Å². The van der Waals surface area contributed by atoms with E-state index in [0.717, 1.165) is 19.5 Å². The van der Waals surface area contributed by atoms with E-state index in [4.69, 9.17) is 9.47 Å².